The zero-order valence-electron chi connectivity index (χ0n) is 15.1. The monoisotopic (exact) mass is 357 g/mol. The standard InChI is InChI=1S/C20H23NO5/c1-12(2)9-10-21-18(23)14-8-7-13(11-15(14)19(21)24)20(25)26-17-6-4-3-5-16(17)22/h7-8,11-12,17H,3-6,9-10H2,1-2H3/t17-/m1/s1. The highest BCUT2D eigenvalue weighted by molar-refractivity contribution is 6.22. The van der Waals surface area contributed by atoms with Crippen LogP contribution in [0.3, 0.4) is 0 Å². The van der Waals surface area contributed by atoms with E-state index in [9.17, 15) is 19.2 Å². The van der Waals surface area contributed by atoms with E-state index in [2.05, 4.69) is 0 Å². The SMILES string of the molecule is CC(C)CCN1C(=O)c2ccc(C(=O)O[C@@H]3CCCCC3=O)cc2C1=O. The Morgan fingerprint density at radius 3 is 2.58 bits per heavy atom. The fraction of sp³-hybridized carbons (Fsp3) is 0.500. The van der Waals surface area contributed by atoms with Crippen molar-refractivity contribution >= 4 is 23.6 Å². The Morgan fingerprint density at radius 2 is 1.88 bits per heavy atom. The van der Waals surface area contributed by atoms with E-state index in [0.29, 0.717) is 30.9 Å². The van der Waals surface area contributed by atoms with Crippen LogP contribution in [0.4, 0.5) is 0 Å². The zero-order valence-corrected chi connectivity index (χ0v) is 15.1. The van der Waals surface area contributed by atoms with Gasteiger partial charge in [0.1, 0.15) is 0 Å². The van der Waals surface area contributed by atoms with Gasteiger partial charge in [0.25, 0.3) is 11.8 Å². The summed E-state index contributed by atoms with van der Waals surface area (Å²) in [6.45, 7) is 4.41. The third-order valence-corrected chi connectivity index (χ3v) is 4.88. The lowest BCUT2D eigenvalue weighted by Gasteiger charge is -2.20. The average molecular weight is 357 g/mol. The van der Waals surface area contributed by atoms with Gasteiger partial charge in [-0.2, -0.15) is 0 Å². The van der Waals surface area contributed by atoms with Crippen molar-refractivity contribution in [2.45, 2.75) is 52.1 Å². The molecule has 1 aliphatic heterocycles. The molecule has 3 rings (SSSR count). The van der Waals surface area contributed by atoms with E-state index >= 15 is 0 Å². The molecular weight excluding hydrogens is 334 g/mol. The fourth-order valence-electron chi connectivity index (χ4n) is 3.28. The largest absolute Gasteiger partial charge is 0.451 e. The molecule has 0 saturated heterocycles. The van der Waals surface area contributed by atoms with Gasteiger partial charge in [0.05, 0.1) is 16.7 Å². The van der Waals surface area contributed by atoms with Gasteiger partial charge in [0, 0.05) is 13.0 Å². The molecule has 0 unspecified atom stereocenters. The number of rotatable bonds is 5. The van der Waals surface area contributed by atoms with Crippen LogP contribution in [0.25, 0.3) is 0 Å². The van der Waals surface area contributed by atoms with Crippen molar-refractivity contribution in [3.8, 4) is 0 Å². The number of imide groups is 1. The number of amides is 2. The first-order valence-electron chi connectivity index (χ1n) is 9.12. The molecule has 0 bridgehead atoms. The lowest BCUT2D eigenvalue weighted by Crippen LogP contribution is -2.31. The van der Waals surface area contributed by atoms with Crippen molar-refractivity contribution < 1.29 is 23.9 Å². The predicted octanol–water partition coefficient (Wildman–Crippen LogP) is 3.00. The van der Waals surface area contributed by atoms with E-state index in [0.717, 1.165) is 19.3 Å². The molecule has 2 amide bonds. The second kappa shape index (κ2) is 7.40. The van der Waals surface area contributed by atoms with Crippen LogP contribution < -0.4 is 0 Å². The van der Waals surface area contributed by atoms with Crippen molar-refractivity contribution in [3.05, 3.63) is 34.9 Å². The van der Waals surface area contributed by atoms with Crippen LogP contribution in [0.5, 0.6) is 0 Å². The number of hydrogen-bond donors (Lipinski definition) is 0. The zero-order chi connectivity index (χ0) is 18.8. The molecule has 0 N–H and O–H groups in total. The van der Waals surface area contributed by atoms with Gasteiger partial charge >= 0.3 is 5.97 Å². The van der Waals surface area contributed by atoms with Crippen LogP contribution in [0.15, 0.2) is 18.2 Å². The van der Waals surface area contributed by atoms with E-state index in [-0.39, 0.29) is 28.7 Å². The molecule has 1 saturated carbocycles. The van der Waals surface area contributed by atoms with E-state index in [4.69, 9.17) is 4.74 Å². The van der Waals surface area contributed by atoms with Gasteiger partial charge in [-0.15, -0.1) is 0 Å². The number of nitrogens with zero attached hydrogens (tertiary/aromatic N) is 1. The highest BCUT2D eigenvalue weighted by atomic mass is 16.5. The third kappa shape index (κ3) is 3.54. The minimum absolute atomic E-state index is 0.0584. The predicted molar refractivity (Wildman–Crippen MR) is 93.9 cm³/mol. The van der Waals surface area contributed by atoms with Gasteiger partial charge in [0.2, 0.25) is 0 Å². The number of hydrogen-bond acceptors (Lipinski definition) is 5. The number of benzene rings is 1. The van der Waals surface area contributed by atoms with Gasteiger partial charge in [-0.05, 0) is 49.8 Å². The summed E-state index contributed by atoms with van der Waals surface area (Å²) in [5.41, 5.74) is 0.723. The van der Waals surface area contributed by atoms with E-state index in [1.807, 2.05) is 13.8 Å². The number of carbonyl (C=O) groups is 4. The second-order valence-electron chi connectivity index (χ2n) is 7.31. The molecule has 1 aromatic rings. The Bertz CT molecular complexity index is 767. The molecular formula is C20H23NO5. The van der Waals surface area contributed by atoms with E-state index in [1.54, 1.807) is 0 Å². The molecule has 0 aromatic heterocycles. The smallest absolute Gasteiger partial charge is 0.338 e. The summed E-state index contributed by atoms with van der Waals surface area (Å²) in [5.74, 6) is -1.02. The number of esters is 1. The molecule has 6 nitrogen and oxygen atoms in total. The van der Waals surface area contributed by atoms with E-state index in [1.165, 1.54) is 23.1 Å². The fourth-order valence-corrected chi connectivity index (χ4v) is 3.28. The number of Topliss-reactive ketones (excluding diaryl/α,β-unsaturated/α-hetero) is 1. The highest BCUT2D eigenvalue weighted by Gasteiger charge is 2.36. The van der Waals surface area contributed by atoms with Gasteiger partial charge in [-0.3, -0.25) is 19.3 Å². The van der Waals surface area contributed by atoms with Crippen molar-refractivity contribution in [1.82, 2.24) is 4.90 Å². The molecule has 0 radical (unpaired) electrons. The number of carbonyl (C=O) groups excluding carboxylic acids is 4. The maximum absolute atomic E-state index is 12.5. The van der Waals surface area contributed by atoms with Crippen LogP contribution in [-0.2, 0) is 9.53 Å². The third-order valence-electron chi connectivity index (χ3n) is 4.88. The summed E-state index contributed by atoms with van der Waals surface area (Å²) in [6, 6.07) is 4.37. The second-order valence-corrected chi connectivity index (χ2v) is 7.31. The molecule has 1 aliphatic carbocycles. The Morgan fingerprint density at radius 1 is 1.15 bits per heavy atom. The van der Waals surface area contributed by atoms with Crippen LogP contribution in [0, 0.1) is 5.92 Å². The topological polar surface area (TPSA) is 80.8 Å². The molecule has 138 valence electrons. The quantitative estimate of drug-likeness (QED) is 0.598. The summed E-state index contributed by atoms with van der Waals surface area (Å²) in [4.78, 5) is 50.4. The normalized spacial score (nSPS) is 19.9. The number of ether oxygens (including phenoxy) is 1. The maximum atomic E-state index is 12.5. The molecule has 1 atom stereocenters. The van der Waals surface area contributed by atoms with Crippen molar-refractivity contribution in [1.29, 1.82) is 0 Å². The van der Waals surface area contributed by atoms with Crippen molar-refractivity contribution in [2.24, 2.45) is 5.92 Å². The van der Waals surface area contributed by atoms with Gasteiger partial charge in [-0.1, -0.05) is 13.8 Å². The Labute approximate surface area is 152 Å². The highest BCUT2D eigenvalue weighted by Crippen LogP contribution is 2.26. The summed E-state index contributed by atoms with van der Waals surface area (Å²) in [7, 11) is 0. The Hall–Kier alpha value is -2.50. The Kier molecular flexibility index (Phi) is 5.20. The first-order valence-corrected chi connectivity index (χ1v) is 9.12. The molecule has 1 fully saturated rings. The summed E-state index contributed by atoms with van der Waals surface area (Å²) in [5, 5.41) is 0. The lowest BCUT2D eigenvalue weighted by molar-refractivity contribution is -0.129. The Balaban J connectivity index is 1.75. The number of fused-ring (bicyclic) bond motifs is 1. The maximum Gasteiger partial charge on any atom is 0.338 e. The molecule has 1 heterocycles. The summed E-state index contributed by atoms with van der Waals surface area (Å²) in [6.07, 6.45) is 2.67. The van der Waals surface area contributed by atoms with Crippen molar-refractivity contribution in [3.63, 3.8) is 0 Å². The average Bonchev–Trinajstić information content (AvgIpc) is 2.85. The number of ketones is 1. The van der Waals surface area contributed by atoms with Crippen LogP contribution in [0.2, 0.25) is 0 Å². The minimum Gasteiger partial charge on any atom is -0.451 e. The van der Waals surface area contributed by atoms with Crippen LogP contribution >= 0.6 is 0 Å². The summed E-state index contributed by atoms with van der Waals surface area (Å²) < 4.78 is 5.32. The van der Waals surface area contributed by atoms with Crippen LogP contribution in [0.1, 0.15) is 77.0 Å². The van der Waals surface area contributed by atoms with Gasteiger partial charge < -0.3 is 4.74 Å². The van der Waals surface area contributed by atoms with E-state index < -0.39 is 12.1 Å². The first kappa shape index (κ1) is 18.3. The molecule has 6 heteroatoms. The molecule has 26 heavy (non-hydrogen) atoms. The van der Waals surface area contributed by atoms with Gasteiger partial charge in [0.15, 0.2) is 11.9 Å². The van der Waals surface area contributed by atoms with Crippen molar-refractivity contribution in [2.75, 3.05) is 6.54 Å². The first-order chi connectivity index (χ1) is 12.4. The van der Waals surface area contributed by atoms with Crippen LogP contribution in [-0.4, -0.2) is 41.1 Å². The molecule has 2 aliphatic rings. The minimum atomic E-state index is -0.704. The molecule has 1 aromatic carbocycles. The lowest BCUT2D eigenvalue weighted by atomic mass is 9.96. The summed E-state index contributed by atoms with van der Waals surface area (Å²) >= 11 is 0. The van der Waals surface area contributed by atoms with Gasteiger partial charge in [-0.25, -0.2) is 4.79 Å². The molecule has 0 spiro atoms.